The quantitative estimate of drug-likeness (QED) is 0.244. The zero-order chi connectivity index (χ0) is 31.7. The van der Waals surface area contributed by atoms with Crippen molar-refractivity contribution in [2.24, 2.45) is 5.92 Å². The SMILES string of the molecule is COc1cc(C)c(S(=O)(=O)N(C)CCOCC(=O)N(C)CCC2CCC(CCc3ccccc3)(N3CCCC3)CC2)c(C)c1. The van der Waals surface area contributed by atoms with Gasteiger partial charge in [-0.3, -0.25) is 9.69 Å². The molecule has 2 aliphatic rings. The topological polar surface area (TPSA) is 79.4 Å². The molecule has 0 unspecified atom stereocenters. The Morgan fingerprint density at radius 1 is 1.00 bits per heavy atom. The molecule has 1 saturated heterocycles. The molecule has 1 heterocycles. The molecule has 2 aromatic carbocycles. The minimum absolute atomic E-state index is 0.0484. The molecule has 9 heteroatoms. The highest BCUT2D eigenvalue weighted by atomic mass is 32.2. The number of likely N-dealkylation sites (tertiary alicyclic amines) is 1. The van der Waals surface area contributed by atoms with Crippen molar-refractivity contribution in [1.29, 1.82) is 0 Å². The average molecular weight is 628 g/mol. The Labute approximate surface area is 265 Å². The van der Waals surface area contributed by atoms with E-state index in [9.17, 15) is 13.2 Å². The summed E-state index contributed by atoms with van der Waals surface area (Å²) in [6.07, 6.45) is 11.0. The fourth-order valence-corrected chi connectivity index (χ4v) is 8.67. The van der Waals surface area contributed by atoms with Crippen molar-refractivity contribution in [3.05, 3.63) is 59.2 Å². The lowest BCUT2D eigenvalue weighted by Gasteiger charge is -2.47. The number of likely N-dealkylation sites (N-methyl/N-ethyl adjacent to an activating group) is 2. The molecule has 8 nitrogen and oxygen atoms in total. The van der Waals surface area contributed by atoms with Gasteiger partial charge in [-0.25, -0.2) is 8.42 Å². The summed E-state index contributed by atoms with van der Waals surface area (Å²) in [6, 6.07) is 14.3. The standard InChI is InChI=1S/C35H53N3O5S/c1-28-25-32(42-5)26-29(2)34(28)44(40,41)37(4)23-24-43-27-33(39)36(3)22-16-31-14-18-35(19-15-31,38-20-9-10-21-38)17-13-30-11-7-6-8-12-30/h6-8,11-12,25-26,31H,9-10,13-24,27H2,1-5H3. The first-order valence-electron chi connectivity index (χ1n) is 16.3. The summed E-state index contributed by atoms with van der Waals surface area (Å²) >= 11 is 0. The van der Waals surface area contributed by atoms with Crippen molar-refractivity contribution < 1.29 is 22.7 Å². The Balaban J connectivity index is 1.18. The molecule has 2 aromatic rings. The number of hydrogen-bond donors (Lipinski definition) is 0. The summed E-state index contributed by atoms with van der Waals surface area (Å²) in [6.45, 7) is 6.99. The lowest BCUT2D eigenvalue weighted by molar-refractivity contribution is -0.135. The lowest BCUT2D eigenvalue weighted by Crippen LogP contribution is -2.50. The summed E-state index contributed by atoms with van der Waals surface area (Å²) in [4.78, 5) is 17.6. The Morgan fingerprint density at radius 3 is 2.25 bits per heavy atom. The van der Waals surface area contributed by atoms with Gasteiger partial charge in [0.25, 0.3) is 0 Å². The van der Waals surface area contributed by atoms with E-state index in [2.05, 4.69) is 35.2 Å². The van der Waals surface area contributed by atoms with Gasteiger partial charge in [0.05, 0.1) is 18.6 Å². The molecule has 0 N–H and O–H groups in total. The van der Waals surface area contributed by atoms with Crippen molar-refractivity contribution in [1.82, 2.24) is 14.1 Å². The van der Waals surface area contributed by atoms with Crippen LogP contribution in [0.1, 0.15) is 68.1 Å². The highest BCUT2D eigenvalue weighted by Crippen LogP contribution is 2.42. The van der Waals surface area contributed by atoms with Gasteiger partial charge in [-0.2, -0.15) is 4.31 Å². The number of amides is 1. The van der Waals surface area contributed by atoms with E-state index < -0.39 is 10.0 Å². The molecule has 1 saturated carbocycles. The molecule has 1 amide bonds. The molecule has 0 aromatic heterocycles. The van der Waals surface area contributed by atoms with E-state index in [1.807, 2.05) is 7.05 Å². The predicted molar refractivity (Wildman–Crippen MR) is 176 cm³/mol. The number of carbonyl (C=O) groups excluding carboxylic acids is 1. The van der Waals surface area contributed by atoms with Crippen LogP contribution in [0.3, 0.4) is 0 Å². The lowest BCUT2D eigenvalue weighted by atomic mass is 9.72. The molecule has 0 radical (unpaired) electrons. The van der Waals surface area contributed by atoms with Crippen LogP contribution in [0.2, 0.25) is 0 Å². The molecule has 44 heavy (non-hydrogen) atoms. The first-order valence-corrected chi connectivity index (χ1v) is 17.7. The molecular formula is C35H53N3O5S. The molecule has 1 aliphatic heterocycles. The van der Waals surface area contributed by atoms with Crippen molar-refractivity contribution >= 4 is 15.9 Å². The molecule has 0 bridgehead atoms. The van der Waals surface area contributed by atoms with Gasteiger partial charge in [0, 0.05) is 32.7 Å². The van der Waals surface area contributed by atoms with Crippen LogP contribution in [0.4, 0.5) is 0 Å². The van der Waals surface area contributed by atoms with Crippen molar-refractivity contribution in [3.8, 4) is 5.75 Å². The summed E-state index contributed by atoms with van der Waals surface area (Å²) in [5.41, 5.74) is 3.03. The highest BCUT2D eigenvalue weighted by molar-refractivity contribution is 7.89. The monoisotopic (exact) mass is 627 g/mol. The van der Waals surface area contributed by atoms with Gasteiger partial charge in [0.2, 0.25) is 15.9 Å². The first-order chi connectivity index (χ1) is 21.1. The van der Waals surface area contributed by atoms with Crippen LogP contribution in [-0.2, 0) is 26.0 Å². The Morgan fingerprint density at radius 2 is 1.64 bits per heavy atom. The van der Waals surface area contributed by atoms with Gasteiger partial charge in [-0.15, -0.1) is 0 Å². The Kier molecular flexibility index (Phi) is 12.3. The largest absolute Gasteiger partial charge is 0.497 e. The third kappa shape index (κ3) is 8.62. The zero-order valence-corrected chi connectivity index (χ0v) is 28.3. The van der Waals surface area contributed by atoms with E-state index in [4.69, 9.17) is 9.47 Å². The number of carbonyl (C=O) groups is 1. The third-order valence-electron chi connectivity index (χ3n) is 9.95. The summed E-state index contributed by atoms with van der Waals surface area (Å²) in [7, 11) is 1.25. The van der Waals surface area contributed by atoms with Gasteiger partial charge in [0.1, 0.15) is 12.4 Å². The predicted octanol–water partition coefficient (Wildman–Crippen LogP) is 5.46. The second-order valence-electron chi connectivity index (χ2n) is 12.9. The first kappa shape index (κ1) is 34.4. The molecule has 1 aliphatic carbocycles. The molecular weight excluding hydrogens is 574 g/mol. The smallest absolute Gasteiger partial charge is 0.248 e. The van der Waals surface area contributed by atoms with E-state index in [0.717, 1.165) is 19.4 Å². The normalized spacial score (nSPS) is 21.1. The number of hydrogen-bond acceptors (Lipinski definition) is 6. The zero-order valence-electron chi connectivity index (χ0n) is 27.5. The fourth-order valence-electron chi connectivity index (χ4n) is 7.12. The van der Waals surface area contributed by atoms with Crippen LogP contribution in [0.5, 0.6) is 5.75 Å². The number of rotatable bonds is 15. The van der Waals surface area contributed by atoms with E-state index >= 15 is 0 Å². The van der Waals surface area contributed by atoms with Crippen LogP contribution in [0.25, 0.3) is 0 Å². The van der Waals surface area contributed by atoms with Gasteiger partial charge >= 0.3 is 0 Å². The Hall–Kier alpha value is -2.46. The van der Waals surface area contributed by atoms with Gasteiger partial charge in [-0.05, 0) is 119 Å². The highest BCUT2D eigenvalue weighted by Gasteiger charge is 2.40. The third-order valence-corrected chi connectivity index (χ3v) is 12.1. The molecule has 244 valence electrons. The van der Waals surface area contributed by atoms with Crippen LogP contribution in [0.15, 0.2) is 47.4 Å². The number of aryl methyl sites for hydroxylation is 3. The van der Waals surface area contributed by atoms with Crippen LogP contribution < -0.4 is 4.74 Å². The van der Waals surface area contributed by atoms with E-state index in [1.54, 1.807) is 45.0 Å². The second kappa shape index (κ2) is 15.7. The Bertz CT molecular complexity index is 1300. The van der Waals surface area contributed by atoms with Gasteiger partial charge < -0.3 is 14.4 Å². The van der Waals surface area contributed by atoms with E-state index in [-0.39, 0.29) is 30.6 Å². The maximum Gasteiger partial charge on any atom is 0.248 e. The summed E-state index contributed by atoms with van der Waals surface area (Å²) < 4.78 is 38.6. The van der Waals surface area contributed by atoms with E-state index in [1.165, 1.54) is 67.9 Å². The maximum atomic E-state index is 13.2. The van der Waals surface area contributed by atoms with Crippen molar-refractivity contribution in [2.45, 2.75) is 82.1 Å². The summed E-state index contributed by atoms with van der Waals surface area (Å²) in [5.74, 6) is 1.20. The number of nitrogens with zero attached hydrogens (tertiary/aromatic N) is 3. The van der Waals surface area contributed by atoms with E-state index in [0.29, 0.717) is 28.3 Å². The second-order valence-corrected chi connectivity index (χ2v) is 14.9. The van der Waals surface area contributed by atoms with Crippen molar-refractivity contribution in [3.63, 3.8) is 0 Å². The number of methoxy groups -OCH3 is 1. The van der Waals surface area contributed by atoms with Gasteiger partial charge in [0.15, 0.2) is 0 Å². The molecule has 2 fully saturated rings. The van der Waals surface area contributed by atoms with Crippen LogP contribution in [0, 0.1) is 19.8 Å². The van der Waals surface area contributed by atoms with Crippen LogP contribution in [-0.4, -0.2) is 94.6 Å². The summed E-state index contributed by atoms with van der Waals surface area (Å²) in [5, 5.41) is 0. The molecule has 4 rings (SSSR count). The van der Waals surface area contributed by atoms with Crippen molar-refractivity contribution in [2.75, 3.05) is 60.6 Å². The minimum Gasteiger partial charge on any atom is -0.497 e. The maximum absolute atomic E-state index is 13.2. The molecule has 0 atom stereocenters. The minimum atomic E-state index is -3.70. The number of ether oxygens (including phenoxy) is 2. The average Bonchev–Trinajstić information content (AvgIpc) is 3.57. The number of sulfonamides is 1. The fraction of sp³-hybridized carbons (Fsp3) is 0.629. The molecule has 0 spiro atoms. The van der Waals surface area contributed by atoms with Gasteiger partial charge in [-0.1, -0.05) is 30.3 Å². The number of benzene rings is 2. The van der Waals surface area contributed by atoms with Crippen LogP contribution >= 0.6 is 0 Å².